The Balaban J connectivity index is 1.65. The third kappa shape index (κ3) is 3.85. The van der Waals surface area contributed by atoms with Crippen LogP contribution < -0.4 is 0 Å². The van der Waals surface area contributed by atoms with E-state index in [0.29, 0.717) is 5.91 Å². The van der Waals surface area contributed by atoms with E-state index in [4.69, 9.17) is 0 Å². The van der Waals surface area contributed by atoms with E-state index in [2.05, 4.69) is 29.7 Å². The number of hydrogen-bond donors (Lipinski definition) is 0. The first-order valence-corrected chi connectivity index (χ1v) is 10.00. The number of amides is 1. The Morgan fingerprint density at radius 1 is 1.00 bits per heavy atom. The lowest BCUT2D eigenvalue weighted by atomic mass is 9.90. The zero-order chi connectivity index (χ0) is 18.8. The monoisotopic (exact) mass is 356 g/mol. The van der Waals surface area contributed by atoms with E-state index < -0.39 is 0 Å². The quantitative estimate of drug-likeness (QED) is 0.773. The number of hydrogen-bond acceptors (Lipinski definition) is 3. The molecule has 2 saturated heterocycles. The first kappa shape index (κ1) is 19.1. The molecular formula is C22H32N2O2. The normalized spacial score (nSPS) is 19.2. The van der Waals surface area contributed by atoms with E-state index in [9.17, 15) is 9.59 Å². The highest BCUT2D eigenvalue weighted by Crippen LogP contribution is 2.27. The first-order chi connectivity index (χ1) is 12.4. The summed E-state index contributed by atoms with van der Waals surface area (Å²) in [6, 6.07) is 2.14. The number of aryl methyl sites for hydroxylation is 2. The van der Waals surface area contributed by atoms with Crippen LogP contribution in [0.2, 0.25) is 0 Å². The number of likely N-dealkylation sites (tertiary alicyclic amines) is 2. The fourth-order valence-electron chi connectivity index (χ4n) is 4.77. The number of rotatable bonds is 4. The zero-order valence-electron chi connectivity index (χ0n) is 16.7. The van der Waals surface area contributed by atoms with E-state index in [-0.39, 0.29) is 11.7 Å². The molecule has 0 spiro atoms. The van der Waals surface area contributed by atoms with Crippen molar-refractivity contribution in [3.8, 4) is 0 Å². The molecule has 2 heterocycles. The average Bonchev–Trinajstić information content (AvgIpc) is 3.12. The van der Waals surface area contributed by atoms with Crippen molar-refractivity contribution in [3.63, 3.8) is 0 Å². The van der Waals surface area contributed by atoms with Crippen molar-refractivity contribution >= 4 is 11.7 Å². The van der Waals surface area contributed by atoms with Crippen LogP contribution in [-0.4, -0.2) is 47.7 Å². The lowest BCUT2D eigenvalue weighted by Gasteiger charge is -2.34. The van der Waals surface area contributed by atoms with E-state index in [0.717, 1.165) is 75.1 Å². The predicted molar refractivity (Wildman–Crippen MR) is 104 cm³/mol. The minimum atomic E-state index is 0.149. The molecule has 0 N–H and O–H groups in total. The molecule has 1 aromatic rings. The predicted octanol–water partition coefficient (Wildman–Crippen LogP) is 3.65. The van der Waals surface area contributed by atoms with E-state index in [1.807, 2.05) is 6.92 Å². The van der Waals surface area contributed by atoms with Gasteiger partial charge in [-0.05, 0) is 88.7 Å². The van der Waals surface area contributed by atoms with Gasteiger partial charge >= 0.3 is 0 Å². The minimum absolute atomic E-state index is 0.149. The maximum Gasteiger partial charge on any atom is 0.225 e. The van der Waals surface area contributed by atoms with Crippen molar-refractivity contribution in [1.29, 1.82) is 0 Å². The van der Waals surface area contributed by atoms with E-state index >= 15 is 0 Å². The Morgan fingerprint density at radius 3 is 2.19 bits per heavy atom. The fourth-order valence-corrected chi connectivity index (χ4v) is 4.77. The van der Waals surface area contributed by atoms with E-state index in [1.54, 1.807) is 6.92 Å². The molecule has 142 valence electrons. The van der Waals surface area contributed by atoms with Crippen LogP contribution >= 0.6 is 0 Å². The van der Waals surface area contributed by atoms with Gasteiger partial charge in [-0.25, -0.2) is 0 Å². The summed E-state index contributed by atoms with van der Waals surface area (Å²) in [5, 5.41) is 0. The zero-order valence-corrected chi connectivity index (χ0v) is 16.7. The molecule has 2 fully saturated rings. The van der Waals surface area contributed by atoms with Crippen LogP contribution in [0, 0.1) is 26.7 Å². The third-order valence-electron chi connectivity index (χ3n) is 6.22. The van der Waals surface area contributed by atoms with Gasteiger partial charge in [-0.2, -0.15) is 0 Å². The third-order valence-corrected chi connectivity index (χ3v) is 6.22. The maximum absolute atomic E-state index is 12.6. The van der Waals surface area contributed by atoms with Crippen molar-refractivity contribution in [3.05, 3.63) is 33.9 Å². The van der Waals surface area contributed by atoms with Gasteiger partial charge in [0.2, 0.25) is 5.91 Å². The lowest BCUT2D eigenvalue weighted by molar-refractivity contribution is -0.136. The number of piperidine rings is 1. The molecule has 4 nitrogen and oxygen atoms in total. The van der Waals surface area contributed by atoms with Crippen LogP contribution in [0.25, 0.3) is 0 Å². The Bertz CT molecular complexity index is 697. The average molecular weight is 357 g/mol. The maximum atomic E-state index is 12.6. The second-order valence-corrected chi connectivity index (χ2v) is 8.13. The molecule has 3 rings (SSSR count). The SMILES string of the molecule is CC(=O)c1c(C)cc(C)c(CN2CCC(C(=O)N3CCCC3)CC2)c1C. The summed E-state index contributed by atoms with van der Waals surface area (Å²) in [5.74, 6) is 0.734. The van der Waals surface area contributed by atoms with Gasteiger partial charge in [0.05, 0.1) is 0 Å². The summed E-state index contributed by atoms with van der Waals surface area (Å²) in [6.07, 6.45) is 4.24. The first-order valence-electron chi connectivity index (χ1n) is 10.00. The van der Waals surface area contributed by atoms with Gasteiger partial charge in [-0.3, -0.25) is 14.5 Å². The summed E-state index contributed by atoms with van der Waals surface area (Å²) in [4.78, 5) is 29.1. The standard InChI is InChI=1S/C22H32N2O2/c1-15-13-16(2)21(18(4)25)17(3)20(15)14-23-11-7-19(8-12-23)22(26)24-9-5-6-10-24/h13,19H,5-12,14H2,1-4H3. The molecule has 1 aromatic carbocycles. The highest BCUT2D eigenvalue weighted by Gasteiger charge is 2.30. The van der Waals surface area contributed by atoms with Crippen LogP contribution in [0.15, 0.2) is 6.07 Å². The van der Waals surface area contributed by atoms with Crippen molar-refractivity contribution in [2.45, 2.75) is 59.9 Å². The summed E-state index contributed by atoms with van der Waals surface area (Å²) in [7, 11) is 0. The number of Topliss-reactive ketones (excluding diaryl/α,β-unsaturated/α-hetero) is 1. The smallest absolute Gasteiger partial charge is 0.225 e. The van der Waals surface area contributed by atoms with Gasteiger partial charge < -0.3 is 4.90 Å². The summed E-state index contributed by atoms with van der Waals surface area (Å²) in [5.41, 5.74) is 5.63. The van der Waals surface area contributed by atoms with Crippen molar-refractivity contribution < 1.29 is 9.59 Å². The molecule has 0 radical (unpaired) electrons. The molecule has 0 bridgehead atoms. The second-order valence-electron chi connectivity index (χ2n) is 8.13. The Labute approximate surface area is 157 Å². The molecule has 4 heteroatoms. The van der Waals surface area contributed by atoms with Gasteiger partial charge in [-0.15, -0.1) is 0 Å². The Hall–Kier alpha value is -1.68. The van der Waals surface area contributed by atoms with Gasteiger partial charge in [0.1, 0.15) is 0 Å². The van der Waals surface area contributed by atoms with Crippen LogP contribution in [0.3, 0.4) is 0 Å². The Morgan fingerprint density at radius 2 is 1.62 bits per heavy atom. The Kier molecular flexibility index (Phi) is 5.81. The number of carbonyl (C=O) groups excluding carboxylic acids is 2. The highest BCUT2D eigenvalue weighted by atomic mass is 16.2. The fraction of sp³-hybridized carbons (Fsp3) is 0.636. The molecule has 1 amide bonds. The molecule has 0 unspecified atom stereocenters. The van der Waals surface area contributed by atoms with Crippen LogP contribution in [-0.2, 0) is 11.3 Å². The number of benzene rings is 1. The van der Waals surface area contributed by atoms with Crippen molar-refractivity contribution in [2.24, 2.45) is 5.92 Å². The summed E-state index contributed by atoms with van der Waals surface area (Å²) in [6.45, 7) is 12.6. The molecule has 2 aliphatic heterocycles. The molecule has 0 aromatic heterocycles. The number of ketones is 1. The van der Waals surface area contributed by atoms with Crippen molar-refractivity contribution in [2.75, 3.05) is 26.2 Å². The second kappa shape index (κ2) is 7.91. The molecular weight excluding hydrogens is 324 g/mol. The molecule has 26 heavy (non-hydrogen) atoms. The van der Waals surface area contributed by atoms with Crippen LogP contribution in [0.4, 0.5) is 0 Å². The summed E-state index contributed by atoms with van der Waals surface area (Å²) >= 11 is 0. The highest BCUT2D eigenvalue weighted by molar-refractivity contribution is 5.97. The van der Waals surface area contributed by atoms with Gasteiger partial charge in [0.15, 0.2) is 5.78 Å². The molecule has 0 saturated carbocycles. The van der Waals surface area contributed by atoms with Gasteiger partial charge in [0.25, 0.3) is 0 Å². The number of carbonyl (C=O) groups is 2. The van der Waals surface area contributed by atoms with Crippen LogP contribution in [0.1, 0.15) is 65.2 Å². The van der Waals surface area contributed by atoms with E-state index in [1.165, 1.54) is 11.1 Å². The van der Waals surface area contributed by atoms with Crippen LogP contribution in [0.5, 0.6) is 0 Å². The lowest BCUT2D eigenvalue weighted by Crippen LogP contribution is -2.41. The minimum Gasteiger partial charge on any atom is -0.342 e. The molecule has 2 aliphatic rings. The molecule has 0 atom stereocenters. The van der Waals surface area contributed by atoms with Gasteiger partial charge in [0, 0.05) is 31.1 Å². The molecule has 0 aliphatic carbocycles. The topological polar surface area (TPSA) is 40.6 Å². The largest absolute Gasteiger partial charge is 0.342 e. The van der Waals surface area contributed by atoms with Crippen molar-refractivity contribution in [1.82, 2.24) is 9.80 Å². The summed E-state index contributed by atoms with van der Waals surface area (Å²) < 4.78 is 0. The van der Waals surface area contributed by atoms with Gasteiger partial charge in [-0.1, -0.05) is 6.07 Å². The number of nitrogens with zero attached hydrogens (tertiary/aromatic N) is 2.